The molecule has 19 heavy (non-hydrogen) atoms. The molecule has 2 rings (SSSR count). The Balaban J connectivity index is 2.13. The summed E-state index contributed by atoms with van der Waals surface area (Å²) in [5.41, 5.74) is 0.893. The van der Waals surface area contributed by atoms with Crippen molar-refractivity contribution < 1.29 is 14.5 Å². The minimum Gasteiger partial charge on any atom is -0.378 e. The van der Waals surface area contributed by atoms with E-state index in [0.717, 1.165) is 5.56 Å². The summed E-state index contributed by atoms with van der Waals surface area (Å²) in [6.45, 7) is 3.73. The van der Waals surface area contributed by atoms with Crippen molar-refractivity contribution in [1.82, 2.24) is 4.90 Å². The van der Waals surface area contributed by atoms with Gasteiger partial charge < -0.3 is 15.0 Å². The van der Waals surface area contributed by atoms with Crippen molar-refractivity contribution in [2.75, 3.05) is 31.6 Å². The lowest BCUT2D eigenvalue weighted by Gasteiger charge is -2.26. The molecule has 0 aliphatic carbocycles. The molecule has 1 saturated heterocycles. The predicted molar refractivity (Wildman–Crippen MR) is 69.2 cm³/mol. The number of hydrogen-bond acceptors (Lipinski definition) is 4. The lowest BCUT2D eigenvalue weighted by Crippen LogP contribution is -2.43. The molecule has 0 aromatic heterocycles. The standard InChI is InChI=1S/C12H15N3O4/c1-9-2-3-10(11(8-9)15(17)18)13-12(16)14-4-6-19-7-5-14/h2-3,8H,4-7H2,1H3,(H,13,16). The third kappa shape index (κ3) is 3.19. The quantitative estimate of drug-likeness (QED) is 0.652. The number of nitro groups is 1. The predicted octanol–water partition coefficient (Wildman–Crippen LogP) is 1.77. The average molecular weight is 265 g/mol. The summed E-state index contributed by atoms with van der Waals surface area (Å²) in [5, 5.41) is 13.5. The van der Waals surface area contributed by atoms with E-state index >= 15 is 0 Å². The first kappa shape index (κ1) is 13.3. The van der Waals surface area contributed by atoms with Gasteiger partial charge in [-0.05, 0) is 18.6 Å². The zero-order valence-corrected chi connectivity index (χ0v) is 10.6. The van der Waals surface area contributed by atoms with Crippen LogP contribution in [0.15, 0.2) is 18.2 Å². The Morgan fingerprint density at radius 2 is 2.11 bits per heavy atom. The fourth-order valence-electron chi connectivity index (χ4n) is 1.86. The van der Waals surface area contributed by atoms with E-state index in [9.17, 15) is 14.9 Å². The number of nitro benzene ring substituents is 1. The minimum absolute atomic E-state index is 0.0957. The first-order valence-electron chi connectivity index (χ1n) is 5.96. The maximum Gasteiger partial charge on any atom is 0.322 e. The Morgan fingerprint density at radius 3 is 2.74 bits per heavy atom. The third-order valence-corrected chi connectivity index (χ3v) is 2.89. The molecule has 0 unspecified atom stereocenters. The summed E-state index contributed by atoms with van der Waals surface area (Å²) in [4.78, 5) is 24.0. The zero-order valence-electron chi connectivity index (χ0n) is 10.6. The number of urea groups is 1. The summed E-state index contributed by atoms with van der Waals surface area (Å²) in [5.74, 6) is 0. The number of carbonyl (C=O) groups is 1. The van der Waals surface area contributed by atoms with Gasteiger partial charge in [-0.3, -0.25) is 10.1 Å². The lowest BCUT2D eigenvalue weighted by atomic mass is 10.2. The average Bonchev–Trinajstić information content (AvgIpc) is 2.41. The minimum atomic E-state index is -0.498. The molecular formula is C12H15N3O4. The molecule has 1 aliphatic heterocycles. The van der Waals surface area contributed by atoms with Crippen LogP contribution in [0.3, 0.4) is 0 Å². The van der Waals surface area contributed by atoms with Crippen molar-refractivity contribution in [2.24, 2.45) is 0 Å². The van der Waals surface area contributed by atoms with E-state index in [0.29, 0.717) is 26.3 Å². The number of hydrogen-bond donors (Lipinski definition) is 1. The van der Waals surface area contributed by atoms with Crippen LogP contribution in [-0.2, 0) is 4.74 Å². The van der Waals surface area contributed by atoms with Gasteiger partial charge in [0.25, 0.3) is 5.69 Å². The van der Waals surface area contributed by atoms with Gasteiger partial charge in [-0.25, -0.2) is 4.79 Å². The second-order valence-corrected chi connectivity index (χ2v) is 4.31. The van der Waals surface area contributed by atoms with Gasteiger partial charge in [0.1, 0.15) is 5.69 Å². The number of benzene rings is 1. The van der Waals surface area contributed by atoms with Gasteiger partial charge in [0.15, 0.2) is 0 Å². The van der Waals surface area contributed by atoms with Crippen molar-refractivity contribution in [3.05, 3.63) is 33.9 Å². The Kier molecular flexibility index (Phi) is 3.96. The van der Waals surface area contributed by atoms with Crippen LogP contribution in [0.5, 0.6) is 0 Å². The molecule has 0 saturated carbocycles. The molecule has 0 radical (unpaired) electrons. The van der Waals surface area contributed by atoms with Crippen molar-refractivity contribution in [2.45, 2.75) is 6.92 Å². The summed E-state index contributed by atoms with van der Waals surface area (Å²) in [6.07, 6.45) is 0. The SMILES string of the molecule is Cc1ccc(NC(=O)N2CCOCC2)c([N+](=O)[O-])c1. The van der Waals surface area contributed by atoms with Gasteiger partial charge in [-0.15, -0.1) is 0 Å². The molecule has 1 N–H and O–H groups in total. The highest BCUT2D eigenvalue weighted by molar-refractivity contribution is 5.92. The molecule has 0 atom stereocenters. The Morgan fingerprint density at radius 1 is 1.42 bits per heavy atom. The van der Waals surface area contributed by atoms with E-state index in [1.165, 1.54) is 6.07 Å². The second-order valence-electron chi connectivity index (χ2n) is 4.31. The molecule has 1 aromatic carbocycles. The van der Waals surface area contributed by atoms with E-state index in [4.69, 9.17) is 4.74 Å². The Hall–Kier alpha value is -2.15. The van der Waals surface area contributed by atoms with E-state index in [2.05, 4.69) is 5.32 Å². The molecule has 1 aromatic rings. The lowest BCUT2D eigenvalue weighted by molar-refractivity contribution is -0.384. The highest BCUT2D eigenvalue weighted by Gasteiger charge is 2.20. The van der Waals surface area contributed by atoms with Gasteiger partial charge in [-0.1, -0.05) is 6.07 Å². The van der Waals surface area contributed by atoms with Crippen molar-refractivity contribution >= 4 is 17.4 Å². The third-order valence-electron chi connectivity index (χ3n) is 2.89. The number of aryl methyl sites for hydroxylation is 1. The first-order chi connectivity index (χ1) is 9.08. The highest BCUT2D eigenvalue weighted by atomic mass is 16.6. The van der Waals surface area contributed by atoms with Crippen LogP contribution in [0.2, 0.25) is 0 Å². The molecule has 1 heterocycles. The van der Waals surface area contributed by atoms with E-state index in [-0.39, 0.29) is 17.4 Å². The van der Waals surface area contributed by atoms with E-state index < -0.39 is 4.92 Å². The molecule has 7 heteroatoms. The molecule has 0 spiro atoms. The molecule has 1 fully saturated rings. The van der Waals surface area contributed by atoms with Crippen LogP contribution in [0.4, 0.5) is 16.2 Å². The monoisotopic (exact) mass is 265 g/mol. The Labute approximate surface area is 110 Å². The van der Waals surface area contributed by atoms with Crippen LogP contribution in [0.1, 0.15) is 5.56 Å². The molecule has 0 bridgehead atoms. The zero-order chi connectivity index (χ0) is 13.8. The Bertz CT molecular complexity index is 498. The fourth-order valence-corrected chi connectivity index (χ4v) is 1.86. The number of rotatable bonds is 2. The van der Waals surface area contributed by atoms with Gasteiger partial charge in [0.2, 0.25) is 0 Å². The van der Waals surface area contributed by atoms with Crippen LogP contribution in [0, 0.1) is 17.0 Å². The van der Waals surface area contributed by atoms with Crippen LogP contribution < -0.4 is 5.32 Å². The number of carbonyl (C=O) groups excluding carboxylic acids is 1. The summed E-state index contributed by atoms with van der Waals surface area (Å²) in [6, 6.07) is 4.37. The summed E-state index contributed by atoms with van der Waals surface area (Å²) < 4.78 is 5.15. The topological polar surface area (TPSA) is 84.7 Å². The van der Waals surface area contributed by atoms with Gasteiger partial charge >= 0.3 is 6.03 Å². The van der Waals surface area contributed by atoms with Gasteiger partial charge in [0, 0.05) is 19.2 Å². The molecular weight excluding hydrogens is 250 g/mol. The number of morpholine rings is 1. The normalized spacial score (nSPS) is 15.1. The number of ether oxygens (including phenoxy) is 1. The van der Waals surface area contributed by atoms with Crippen LogP contribution in [0.25, 0.3) is 0 Å². The van der Waals surface area contributed by atoms with Gasteiger partial charge in [-0.2, -0.15) is 0 Å². The number of nitrogens with one attached hydrogen (secondary N) is 1. The van der Waals surface area contributed by atoms with Crippen LogP contribution in [-0.4, -0.2) is 42.2 Å². The fraction of sp³-hybridized carbons (Fsp3) is 0.417. The largest absolute Gasteiger partial charge is 0.378 e. The van der Waals surface area contributed by atoms with Gasteiger partial charge in [0.05, 0.1) is 18.1 Å². The van der Waals surface area contributed by atoms with Crippen molar-refractivity contribution in [3.63, 3.8) is 0 Å². The van der Waals surface area contributed by atoms with E-state index in [1.54, 1.807) is 24.0 Å². The van der Waals surface area contributed by atoms with Crippen molar-refractivity contribution in [1.29, 1.82) is 0 Å². The highest BCUT2D eigenvalue weighted by Crippen LogP contribution is 2.25. The molecule has 102 valence electrons. The maximum absolute atomic E-state index is 12.0. The summed E-state index contributed by atoms with van der Waals surface area (Å²) in [7, 11) is 0. The maximum atomic E-state index is 12.0. The van der Waals surface area contributed by atoms with Crippen LogP contribution >= 0.6 is 0 Å². The smallest absolute Gasteiger partial charge is 0.322 e. The first-order valence-corrected chi connectivity index (χ1v) is 5.96. The number of anilines is 1. The number of amides is 2. The molecule has 7 nitrogen and oxygen atoms in total. The molecule has 1 aliphatic rings. The molecule has 2 amide bonds. The summed E-state index contributed by atoms with van der Waals surface area (Å²) >= 11 is 0. The van der Waals surface area contributed by atoms with E-state index in [1.807, 2.05) is 0 Å². The number of nitrogens with zero attached hydrogens (tertiary/aromatic N) is 2. The second kappa shape index (κ2) is 5.66. The van der Waals surface area contributed by atoms with Crippen molar-refractivity contribution in [3.8, 4) is 0 Å².